The van der Waals surface area contributed by atoms with Crippen LogP contribution < -0.4 is 0 Å². The van der Waals surface area contributed by atoms with Crippen LogP contribution in [0.2, 0.25) is 0 Å². The zero-order valence-corrected chi connectivity index (χ0v) is 10.8. The van der Waals surface area contributed by atoms with Crippen LogP contribution in [0.25, 0.3) is 0 Å². The van der Waals surface area contributed by atoms with E-state index in [9.17, 15) is 13.2 Å². The van der Waals surface area contributed by atoms with E-state index in [1.165, 1.54) is 0 Å². The van der Waals surface area contributed by atoms with Gasteiger partial charge in [0.1, 0.15) is 0 Å². The predicted octanol–water partition coefficient (Wildman–Crippen LogP) is 1.99. The van der Waals surface area contributed by atoms with Crippen molar-refractivity contribution in [1.82, 2.24) is 0 Å². The van der Waals surface area contributed by atoms with E-state index in [0.717, 1.165) is 25.7 Å². The molecule has 17 heavy (non-hydrogen) atoms. The lowest BCUT2D eigenvalue weighted by atomic mass is 9.89. The van der Waals surface area contributed by atoms with Crippen LogP contribution in [0.4, 0.5) is 0 Å². The van der Waals surface area contributed by atoms with E-state index in [1.807, 2.05) is 0 Å². The molecule has 0 unspecified atom stereocenters. The molecule has 0 bridgehead atoms. The molecule has 0 aromatic heterocycles. The molecule has 2 rings (SSSR count). The number of carbonyl (C=O) groups is 1. The van der Waals surface area contributed by atoms with Gasteiger partial charge in [0.2, 0.25) is 0 Å². The molecule has 1 N–H and O–H groups in total. The van der Waals surface area contributed by atoms with Crippen molar-refractivity contribution in [1.29, 1.82) is 0 Å². The summed E-state index contributed by atoms with van der Waals surface area (Å²) in [5.41, 5.74) is 0. The second-order valence-corrected chi connectivity index (χ2v) is 7.82. The van der Waals surface area contributed by atoms with Crippen molar-refractivity contribution in [3.05, 3.63) is 0 Å². The van der Waals surface area contributed by atoms with E-state index < -0.39 is 15.8 Å². The molecule has 0 atom stereocenters. The van der Waals surface area contributed by atoms with Crippen molar-refractivity contribution in [2.75, 3.05) is 0 Å². The highest BCUT2D eigenvalue weighted by atomic mass is 32.2. The van der Waals surface area contributed by atoms with Gasteiger partial charge in [-0.25, -0.2) is 8.42 Å². The Kier molecular flexibility index (Phi) is 3.76. The zero-order valence-electron chi connectivity index (χ0n) is 9.97. The van der Waals surface area contributed by atoms with E-state index in [2.05, 4.69) is 0 Å². The highest BCUT2D eigenvalue weighted by Crippen LogP contribution is 2.35. The summed E-state index contributed by atoms with van der Waals surface area (Å²) in [7, 11) is -3.00. The smallest absolute Gasteiger partial charge is 0.306 e. The minimum atomic E-state index is -3.00. The van der Waals surface area contributed by atoms with E-state index in [-0.39, 0.29) is 16.4 Å². The molecule has 2 fully saturated rings. The normalized spacial score (nSPS) is 31.5. The van der Waals surface area contributed by atoms with Crippen molar-refractivity contribution < 1.29 is 18.3 Å². The van der Waals surface area contributed by atoms with Gasteiger partial charge in [-0.15, -0.1) is 0 Å². The quantitative estimate of drug-likeness (QED) is 0.842. The SMILES string of the molecule is O=C(O)C1CCC(S(=O)(=O)C2CCCC2)CC1. The second-order valence-electron chi connectivity index (χ2n) is 5.31. The average molecular weight is 260 g/mol. The number of aliphatic carboxylic acids is 1. The monoisotopic (exact) mass is 260 g/mol. The Balaban J connectivity index is 1.98. The first-order chi connectivity index (χ1) is 8.01. The summed E-state index contributed by atoms with van der Waals surface area (Å²) >= 11 is 0. The maximum atomic E-state index is 12.3. The molecule has 0 radical (unpaired) electrons. The number of carboxylic acids is 1. The van der Waals surface area contributed by atoms with Gasteiger partial charge in [0.15, 0.2) is 9.84 Å². The minimum absolute atomic E-state index is 0.145. The van der Waals surface area contributed by atoms with E-state index in [0.29, 0.717) is 25.7 Å². The fraction of sp³-hybridized carbons (Fsp3) is 0.917. The highest BCUT2D eigenvalue weighted by molar-refractivity contribution is 7.92. The Morgan fingerprint density at radius 3 is 1.82 bits per heavy atom. The first-order valence-corrected chi connectivity index (χ1v) is 8.08. The van der Waals surface area contributed by atoms with Gasteiger partial charge < -0.3 is 5.11 Å². The summed E-state index contributed by atoms with van der Waals surface area (Å²) in [5.74, 6) is -1.10. The molecule has 2 saturated carbocycles. The van der Waals surface area contributed by atoms with Crippen molar-refractivity contribution in [3.63, 3.8) is 0 Å². The van der Waals surface area contributed by atoms with Crippen LogP contribution in [0.1, 0.15) is 51.4 Å². The molecule has 2 aliphatic rings. The molecule has 98 valence electrons. The van der Waals surface area contributed by atoms with Crippen LogP contribution in [-0.4, -0.2) is 30.0 Å². The summed E-state index contributed by atoms with van der Waals surface area (Å²) in [5, 5.41) is 8.47. The van der Waals surface area contributed by atoms with Crippen LogP contribution in [-0.2, 0) is 14.6 Å². The molecule has 0 heterocycles. The van der Waals surface area contributed by atoms with Crippen LogP contribution in [0, 0.1) is 5.92 Å². The van der Waals surface area contributed by atoms with E-state index in [1.54, 1.807) is 0 Å². The van der Waals surface area contributed by atoms with Gasteiger partial charge in [-0.1, -0.05) is 12.8 Å². The van der Waals surface area contributed by atoms with Gasteiger partial charge >= 0.3 is 5.97 Å². The van der Waals surface area contributed by atoms with Crippen LogP contribution in [0.3, 0.4) is 0 Å². The molecule has 4 nitrogen and oxygen atoms in total. The minimum Gasteiger partial charge on any atom is -0.481 e. The van der Waals surface area contributed by atoms with Gasteiger partial charge in [-0.2, -0.15) is 0 Å². The van der Waals surface area contributed by atoms with Crippen molar-refractivity contribution in [2.24, 2.45) is 5.92 Å². The molecule has 5 heteroatoms. The second kappa shape index (κ2) is 4.96. The fourth-order valence-corrected chi connectivity index (χ4v) is 5.59. The third-order valence-electron chi connectivity index (χ3n) is 4.25. The maximum absolute atomic E-state index is 12.3. The van der Waals surface area contributed by atoms with E-state index >= 15 is 0 Å². The van der Waals surface area contributed by atoms with Crippen LogP contribution in [0.5, 0.6) is 0 Å². The zero-order chi connectivity index (χ0) is 12.5. The Morgan fingerprint density at radius 1 is 0.882 bits per heavy atom. The summed E-state index contributed by atoms with van der Waals surface area (Å²) < 4.78 is 24.6. The Hall–Kier alpha value is -0.580. The Bertz CT molecular complexity index is 373. The molecule has 0 amide bonds. The van der Waals surface area contributed by atoms with Gasteiger partial charge in [-0.05, 0) is 38.5 Å². The molecule has 0 aliphatic heterocycles. The van der Waals surface area contributed by atoms with Crippen LogP contribution >= 0.6 is 0 Å². The number of hydrogen-bond donors (Lipinski definition) is 1. The third-order valence-corrected chi connectivity index (χ3v) is 7.06. The lowest BCUT2D eigenvalue weighted by Gasteiger charge is -2.28. The highest BCUT2D eigenvalue weighted by Gasteiger charge is 2.38. The summed E-state index contributed by atoms with van der Waals surface area (Å²) in [6.45, 7) is 0. The average Bonchev–Trinajstić information content (AvgIpc) is 2.83. The fourth-order valence-electron chi connectivity index (χ4n) is 3.13. The Labute approximate surface area is 102 Å². The third kappa shape index (κ3) is 2.64. The summed E-state index contributed by atoms with van der Waals surface area (Å²) in [6, 6.07) is 0. The van der Waals surface area contributed by atoms with Gasteiger partial charge in [0, 0.05) is 0 Å². The predicted molar refractivity (Wildman–Crippen MR) is 64.6 cm³/mol. The molecule has 0 aromatic carbocycles. The number of carboxylic acid groups (broad SMARTS) is 1. The number of hydrogen-bond acceptors (Lipinski definition) is 3. The van der Waals surface area contributed by atoms with Gasteiger partial charge in [0.05, 0.1) is 16.4 Å². The topological polar surface area (TPSA) is 71.4 Å². The van der Waals surface area contributed by atoms with Gasteiger partial charge in [-0.3, -0.25) is 4.79 Å². The Morgan fingerprint density at radius 2 is 1.35 bits per heavy atom. The van der Waals surface area contributed by atoms with Gasteiger partial charge in [0.25, 0.3) is 0 Å². The first kappa shape index (κ1) is 12.9. The lowest BCUT2D eigenvalue weighted by Crippen LogP contribution is -2.35. The molecule has 0 aromatic rings. The van der Waals surface area contributed by atoms with Crippen molar-refractivity contribution in [2.45, 2.75) is 61.9 Å². The number of sulfone groups is 1. The van der Waals surface area contributed by atoms with Crippen molar-refractivity contribution in [3.8, 4) is 0 Å². The van der Waals surface area contributed by atoms with E-state index in [4.69, 9.17) is 5.11 Å². The maximum Gasteiger partial charge on any atom is 0.306 e. The molecule has 0 spiro atoms. The van der Waals surface area contributed by atoms with Crippen LogP contribution in [0.15, 0.2) is 0 Å². The summed E-state index contributed by atoms with van der Waals surface area (Å²) in [6.07, 6.45) is 5.77. The standard InChI is InChI=1S/C12H20O4S/c13-12(14)9-5-7-11(8-6-9)17(15,16)10-3-1-2-4-10/h9-11H,1-8H2,(H,13,14). The molecule has 0 saturated heterocycles. The molecule has 2 aliphatic carbocycles. The largest absolute Gasteiger partial charge is 0.481 e. The molecular weight excluding hydrogens is 240 g/mol. The molecular formula is C12H20O4S. The lowest BCUT2D eigenvalue weighted by molar-refractivity contribution is -0.142. The summed E-state index contributed by atoms with van der Waals surface area (Å²) in [4.78, 5) is 10.8. The number of rotatable bonds is 3. The first-order valence-electron chi connectivity index (χ1n) is 6.47. The van der Waals surface area contributed by atoms with Crippen molar-refractivity contribution >= 4 is 15.8 Å².